The van der Waals surface area contributed by atoms with Crippen molar-refractivity contribution >= 4 is 0 Å². The Morgan fingerprint density at radius 3 is 2.74 bits per heavy atom. The van der Waals surface area contributed by atoms with Crippen molar-refractivity contribution in [3.63, 3.8) is 0 Å². The van der Waals surface area contributed by atoms with Crippen LogP contribution >= 0.6 is 0 Å². The van der Waals surface area contributed by atoms with E-state index in [1.165, 1.54) is 44.4 Å². The third-order valence-corrected chi connectivity index (χ3v) is 4.22. The summed E-state index contributed by atoms with van der Waals surface area (Å²) in [6.45, 7) is 4.55. The van der Waals surface area contributed by atoms with Crippen molar-refractivity contribution in [3.05, 3.63) is 35.6 Å². The number of benzene rings is 1. The highest BCUT2D eigenvalue weighted by Crippen LogP contribution is 2.20. The molecule has 1 saturated heterocycles. The fourth-order valence-electron chi connectivity index (χ4n) is 2.85. The molecule has 2 N–H and O–H groups in total. The van der Waals surface area contributed by atoms with Crippen molar-refractivity contribution in [1.82, 2.24) is 4.90 Å². The summed E-state index contributed by atoms with van der Waals surface area (Å²) < 4.78 is 12.9. The zero-order valence-corrected chi connectivity index (χ0v) is 11.8. The van der Waals surface area contributed by atoms with Crippen LogP contribution in [0.2, 0.25) is 0 Å². The molecule has 0 aliphatic carbocycles. The number of rotatable bonds is 4. The lowest BCUT2D eigenvalue weighted by atomic mass is 10.0. The van der Waals surface area contributed by atoms with Gasteiger partial charge in [-0.15, -0.1) is 0 Å². The summed E-state index contributed by atoms with van der Waals surface area (Å²) in [5.41, 5.74) is 7.23. The number of halogens is 1. The van der Waals surface area contributed by atoms with Gasteiger partial charge in [-0.3, -0.25) is 0 Å². The maximum Gasteiger partial charge on any atom is 0.123 e. The van der Waals surface area contributed by atoms with E-state index < -0.39 is 0 Å². The smallest absolute Gasteiger partial charge is 0.123 e. The predicted octanol–water partition coefficient (Wildman–Crippen LogP) is 3.48. The summed E-state index contributed by atoms with van der Waals surface area (Å²) in [7, 11) is 0. The molecule has 0 spiro atoms. The topological polar surface area (TPSA) is 29.3 Å². The van der Waals surface area contributed by atoms with Gasteiger partial charge < -0.3 is 10.6 Å². The lowest BCUT2D eigenvalue weighted by Gasteiger charge is -2.28. The minimum absolute atomic E-state index is 0.0102. The molecular weight excluding hydrogens is 239 g/mol. The average Bonchev–Trinajstić information content (AvgIpc) is 2.61. The maximum absolute atomic E-state index is 12.9. The second-order valence-corrected chi connectivity index (χ2v) is 5.68. The molecule has 1 aromatic rings. The van der Waals surface area contributed by atoms with E-state index in [0.717, 1.165) is 18.5 Å². The molecule has 0 aromatic heterocycles. The molecule has 106 valence electrons. The van der Waals surface area contributed by atoms with Gasteiger partial charge >= 0.3 is 0 Å². The Morgan fingerprint density at radius 1 is 1.26 bits per heavy atom. The average molecular weight is 264 g/mol. The Bertz CT molecular complexity index is 377. The number of hydrogen-bond donors (Lipinski definition) is 1. The van der Waals surface area contributed by atoms with Gasteiger partial charge in [-0.05, 0) is 50.4 Å². The van der Waals surface area contributed by atoms with E-state index in [1.807, 2.05) is 0 Å². The number of nitrogens with two attached hydrogens (primary N) is 1. The molecule has 1 aliphatic rings. The van der Waals surface area contributed by atoms with Gasteiger partial charge in [0, 0.05) is 18.6 Å². The zero-order chi connectivity index (χ0) is 13.7. The molecule has 2 unspecified atom stereocenters. The van der Waals surface area contributed by atoms with E-state index >= 15 is 0 Å². The van der Waals surface area contributed by atoms with Crippen LogP contribution in [0.5, 0.6) is 0 Å². The third-order valence-electron chi connectivity index (χ3n) is 4.22. The number of hydrogen-bond acceptors (Lipinski definition) is 2. The van der Waals surface area contributed by atoms with E-state index in [2.05, 4.69) is 11.8 Å². The zero-order valence-electron chi connectivity index (χ0n) is 11.8. The highest BCUT2D eigenvalue weighted by atomic mass is 19.1. The van der Waals surface area contributed by atoms with Crippen molar-refractivity contribution in [2.24, 2.45) is 5.73 Å². The summed E-state index contributed by atoms with van der Waals surface area (Å²) in [6.07, 6.45) is 6.24. The first-order valence-electron chi connectivity index (χ1n) is 7.42. The van der Waals surface area contributed by atoms with Gasteiger partial charge in [0.25, 0.3) is 0 Å². The Hall–Kier alpha value is -0.930. The van der Waals surface area contributed by atoms with E-state index in [4.69, 9.17) is 5.73 Å². The van der Waals surface area contributed by atoms with Crippen molar-refractivity contribution < 1.29 is 4.39 Å². The predicted molar refractivity (Wildman–Crippen MR) is 77.4 cm³/mol. The van der Waals surface area contributed by atoms with Crippen molar-refractivity contribution in [2.75, 3.05) is 13.1 Å². The highest BCUT2D eigenvalue weighted by Gasteiger charge is 2.17. The van der Waals surface area contributed by atoms with E-state index in [0.29, 0.717) is 6.04 Å². The van der Waals surface area contributed by atoms with Crippen LogP contribution in [-0.2, 0) is 0 Å². The standard InChI is InChI=1S/C16H25FN2/c1-13-5-3-2-4-11-19(13)12-10-16(18)14-6-8-15(17)9-7-14/h6-9,13,16H,2-5,10-12,18H2,1H3. The quantitative estimate of drug-likeness (QED) is 0.902. The molecule has 0 amide bonds. The van der Waals surface area contributed by atoms with E-state index in [1.54, 1.807) is 12.1 Å². The minimum atomic E-state index is -0.197. The normalized spacial score (nSPS) is 23.0. The second-order valence-electron chi connectivity index (χ2n) is 5.68. The molecule has 2 rings (SSSR count). The van der Waals surface area contributed by atoms with Gasteiger partial charge in [0.15, 0.2) is 0 Å². The Kier molecular flexibility index (Phi) is 5.34. The molecule has 3 heteroatoms. The van der Waals surface area contributed by atoms with Crippen LogP contribution in [0.3, 0.4) is 0 Å². The van der Waals surface area contributed by atoms with Gasteiger partial charge in [0.05, 0.1) is 0 Å². The molecule has 19 heavy (non-hydrogen) atoms. The van der Waals surface area contributed by atoms with Gasteiger partial charge in [-0.2, -0.15) is 0 Å². The van der Waals surface area contributed by atoms with E-state index in [-0.39, 0.29) is 11.9 Å². The lowest BCUT2D eigenvalue weighted by Crippen LogP contribution is -2.34. The summed E-state index contributed by atoms with van der Waals surface area (Å²) in [5, 5.41) is 0. The summed E-state index contributed by atoms with van der Waals surface area (Å²) in [4.78, 5) is 2.55. The minimum Gasteiger partial charge on any atom is -0.324 e. The fraction of sp³-hybridized carbons (Fsp3) is 0.625. The molecule has 2 atom stereocenters. The molecule has 1 aromatic carbocycles. The van der Waals surface area contributed by atoms with Crippen molar-refractivity contribution in [1.29, 1.82) is 0 Å². The summed E-state index contributed by atoms with van der Waals surface area (Å²) in [6, 6.07) is 7.25. The summed E-state index contributed by atoms with van der Waals surface area (Å²) in [5.74, 6) is -0.197. The van der Waals surface area contributed by atoms with Crippen LogP contribution in [0.1, 0.15) is 50.6 Å². The maximum atomic E-state index is 12.9. The van der Waals surface area contributed by atoms with Crippen LogP contribution in [-0.4, -0.2) is 24.0 Å². The molecular formula is C16H25FN2. The molecule has 2 nitrogen and oxygen atoms in total. The Balaban J connectivity index is 1.85. The Morgan fingerprint density at radius 2 is 2.00 bits per heavy atom. The van der Waals surface area contributed by atoms with Crippen LogP contribution < -0.4 is 5.73 Å². The van der Waals surface area contributed by atoms with E-state index in [9.17, 15) is 4.39 Å². The largest absolute Gasteiger partial charge is 0.324 e. The first-order chi connectivity index (χ1) is 9.16. The SMILES string of the molecule is CC1CCCCCN1CCC(N)c1ccc(F)cc1. The summed E-state index contributed by atoms with van der Waals surface area (Å²) >= 11 is 0. The van der Waals surface area contributed by atoms with Crippen molar-refractivity contribution in [2.45, 2.75) is 51.1 Å². The van der Waals surface area contributed by atoms with Gasteiger partial charge in [-0.25, -0.2) is 4.39 Å². The highest BCUT2D eigenvalue weighted by molar-refractivity contribution is 5.19. The monoisotopic (exact) mass is 264 g/mol. The number of nitrogens with zero attached hydrogens (tertiary/aromatic N) is 1. The van der Waals surface area contributed by atoms with Crippen molar-refractivity contribution in [3.8, 4) is 0 Å². The molecule has 0 bridgehead atoms. The molecule has 1 heterocycles. The van der Waals surface area contributed by atoms with Crippen LogP contribution in [0.4, 0.5) is 4.39 Å². The number of likely N-dealkylation sites (tertiary alicyclic amines) is 1. The Labute approximate surface area is 115 Å². The molecule has 0 radical (unpaired) electrons. The van der Waals surface area contributed by atoms with Gasteiger partial charge in [0.2, 0.25) is 0 Å². The van der Waals surface area contributed by atoms with Gasteiger partial charge in [0.1, 0.15) is 5.82 Å². The van der Waals surface area contributed by atoms with Crippen LogP contribution in [0.25, 0.3) is 0 Å². The molecule has 0 saturated carbocycles. The molecule has 1 fully saturated rings. The molecule has 1 aliphatic heterocycles. The third kappa shape index (κ3) is 4.29. The van der Waals surface area contributed by atoms with Crippen LogP contribution in [0, 0.1) is 5.82 Å². The van der Waals surface area contributed by atoms with Gasteiger partial charge in [-0.1, -0.05) is 25.0 Å². The second kappa shape index (κ2) is 7.01. The first kappa shape index (κ1) is 14.5. The first-order valence-corrected chi connectivity index (χ1v) is 7.42. The van der Waals surface area contributed by atoms with Crippen LogP contribution in [0.15, 0.2) is 24.3 Å². The lowest BCUT2D eigenvalue weighted by molar-refractivity contribution is 0.206. The fourth-order valence-corrected chi connectivity index (χ4v) is 2.85.